The zero-order chi connectivity index (χ0) is 15.7. The largest absolute Gasteiger partial charge is 0.389 e. The summed E-state index contributed by atoms with van der Waals surface area (Å²) in [4.78, 5) is 0.563. The normalized spacial score (nSPS) is 13.8. The van der Waals surface area contributed by atoms with Crippen LogP contribution in [0.15, 0.2) is 23.1 Å². The van der Waals surface area contributed by atoms with Gasteiger partial charge in [0.1, 0.15) is 4.99 Å². The van der Waals surface area contributed by atoms with E-state index in [1.165, 1.54) is 4.31 Å². The average Bonchev–Trinajstić information content (AvgIpc) is 2.36. The van der Waals surface area contributed by atoms with Gasteiger partial charge in [-0.05, 0) is 37.5 Å². The Bertz CT molecular complexity index is 610. The highest BCUT2D eigenvalue weighted by atomic mass is 32.2. The molecule has 1 unspecified atom stereocenters. The molecular formula is C14H22N2O2S2. The molecule has 0 radical (unpaired) electrons. The van der Waals surface area contributed by atoms with Gasteiger partial charge >= 0.3 is 0 Å². The topological polar surface area (TPSA) is 63.4 Å². The van der Waals surface area contributed by atoms with Gasteiger partial charge in [0.25, 0.3) is 0 Å². The molecule has 0 amide bonds. The summed E-state index contributed by atoms with van der Waals surface area (Å²) in [6.07, 6.45) is 0. The fraction of sp³-hybridized carbons (Fsp3) is 0.500. The van der Waals surface area contributed by atoms with Gasteiger partial charge in [0.2, 0.25) is 10.0 Å². The van der Waals surface area contributed by atoms with E-state index in [2.05, 4.69) is 0 Å². The summed E-state index contributed by atoms with van der Waals surface area (Å²) < 4.78 is 26.7. The third-order valence-corrected chi connectivity index (χ3v) is 6.00. The maximum absolute atomic E-state index is 12.6. The lowest BCUT2D eigenvalue weighted by Crippen LogP contribution is -2.38. The van der Waals surface area contributed by atoms with E-state index in [1.54, 1.807) is 32.2 Å². The minimum Gasteiger partial charge on any atom is -0.389 e. The lowest BCUT2D eigenvalue weighted by Gasteiger charge is -2.27. The van der Waals surface area contributed by atoms with Crippen molar-refractivity contribution in [3.63, 3.8) is 0 Å². The number of nitrogens with two attached hydrogens (primary N) is 1. The fourth-order valence-electron chi connectivity index (χ4n) is 1.89. The second kappa shape index (κ2) is 6.20. The molecule has 20 heavy (non-hydrogen) atoms. The van der Waals surface area contributed by atoms with Gasteiger partial charge in [-0.2, -0.15) is 4.31 Å². The molecule has 0 saturated heterocycles. The average molecular weight is 314 g/mol. The number of hydrogen-bond acceptors (Lipinski definition) is 3. The molecule has 0 spiro atoms. The molecule has 1 rings (SSSR count). The van der Waals surface area contributed by atoms with E-state index in [4.69, 9.17) is 18.0 Å². The number of thiocarbonyl (C=S) groups is 1. The van der Waals surface area contributed by atoms with Gasteiger partial charge in [-0.3, -0.25) is 0 Å². The molecule has 0 bridgehead atoms. The van der Waals surface area contributed by atoms with Crippen molar-refractivity contribution in [1.82, 2.24) is 4.31 Å². The molecule has 0 aliphatic carbocycles. The number of aryl methyl sites for hydroxylation is 1. The van der Waals surface area contributed by atoms with Crippen LogP contribution < -0.4 is 5.73 Å². The van der Waals surface area contributed by atoms with E-state index < -0.39 is 10.0 Å². The lowest BCUT2D eigenvalue weighted by molar-refractivity contribution is 0.315. The first-order chi connectivity index (χ1) is 9.09. The lowest BCUT2D eigenvalue weighted by atomic mass is 10.1. The maximum Gasteiger partial charge on any atom is 0.243 e. The zero-order valence-corrected chi connectivity index (χ0v) is 14.2. The molecule has 0 heterocycles. The van der Waals surface area contributed by atoms with Crippen molar-refractivity contribution < 1.29 is 8.42 Å². The molecule has 0 aliphatic heterocycles. The second-order valence-electron chi connectivity index (χ2n) is 5.35. The Balaban J connectivity index is 3.26. The summed E-state index contributed by atoms with van der Waals surface area (Å²) in [7, 11) is -1.90. The van der Waals surface area contributed by atoms with Gasteiger partial charge in [-0.25, -0.2) is 8.42 Å². The smallest absolute Gasteiger partial charge is 0.243 e. The van der Waals surface area contributed by atoms with E-state index in [0.29, 0.717) is 16.0 Å². The van der Waals surface area contributed by atoms with Crippen LogP contribution in [0, 0.1) is 12.8 Å². The molecular weight excluding hydrogens is 292 g/mol. The number of nitrogens with zero attached hydrogens (tertiary/aromatic N) is 1. The predicted octanol–water partition coefficient (Wildman–Crippen LogP) is 2.29. The molecule has 4 nitrogen and oxygen atoms in total. The van der Waals surface area contributed by atoms with E-state index in [0.717, 1.165) is 0 Å². The Hall–Kier alpha value is -0.980. The third-order valence-electron chi connectivity index (χ3n) is 3.65. The molecule has 1 atom stereocenters. The van der Waals surface area contributed by atoms with Gasteiger partial charge in [-0.15, -0.1) is 0 Å². The number of rotatable bonds is 5. The standard InChI is InChI=1S/C14H22N2O2S2/c1-9(2)11(4)16(5)20(17,18)13-7-6-12(14(15)19)8-10(13)3/h6-9,11H,1-5H3,(H2,15,19). The summed E-state index contributed by atoms with van der Waals surface area (Å²) in [5.74, 6) is 0.242. The van der Waals surface area contributed by atoms with E-state index >= 15 is 0 Å². The second-order valence-corrected chi connectivity index (χ2v) is 7.76. The van der Waals surface area contributed by atoms with Crippen LogP contribution in [0.5, 0.6) is 0 Å². The van der Waals surface area contributed by atoms with Crippen molar-refractivity contribution in [3.8, 4) is 0 Å². The zero-order valence-electron chi connectivity index (χ0n) is 12.5. The third kappa shape index (κ3) is 3.37. The van der Waals surface area contributed by atoms with E-state index in [9.17, 15) is 8.42 Å². The Kier molecular flexibility index (Phi) is 5.29. The molecule has 0 aromatic heterocycles. The summed E-state index contributed by atoms with van der Waals surface area (Å²) >= 11 is 4.90. The SMILES string of the molecule is Cc1cc(C(N)=S)ccc1S(=O)(=O)N(C)C(C)C(C)C. The number of sulfonamides is 1. The van der Waals surface area contributed by atoms with Crippen molar-refractivity contribution in [3.05, 3.63) is 29.3 Å². The molecule has 0 fully saturated rings. The van der Waals surface area contributed by atoms with Crippen molar-refractivity contribution in [2.24, 2.45) is 11.7 Å². The number of benzene rings is 1. The van der Waals surface area contributed by atoms with Crippen molar-refractivity contribution in [1.29, 1.82) is 0 Å². The summed E-state index contributed by atoms with van der Waals surface area (Å²) in [5, 5.41) is 0. The van der Waals surface area contributed by atoms with Crippen LogP contribution in [0.2, 0.25) is 0 Å². The van der Waals surface area contributed by atoms with Gasteiger partial charge in [-0.1, -0.05) is 32.1 Å². The maximum atomic E-state index is 12.6. The van der Waals surface area contributed by atoms with E-state index in [1.807, 2.05) is 20.8 Å². The van der Waals surface area contributed by atoms with Crippen molar-refractivity contribution >= 4 is 27.2 Å². The quantitative estimate of drug-likeness (QED) is 0.847. The summed E-state index contributed by atoms with van der Waals surface area (Å²) in [6.45, 7) is 7.66. The fourth-order valence-corrected chi connectivity index (χ4v) is 3.71. The van der Waals surface area contributed by atoms with Crippen LogP contribution in [0.3, 0.4) is 0 Å². The van der Waals surface area contributed by atoms with Gasteiger partial charge < -0.3 is 5.73 Å². The molecule has 6 heteroatoms. The first-order valence-corrected chi connectivity index (χ1v) is 8.32. The molecule has 2 N–H and O–H groups in total. The van der Waals surface area contributed by atoms with Crippen molar-refractivity contribution in [2.45, 2.75) is 38.6 Å². The number of hydrogen-bond donors (Lipinski definition) is 1. The van der Waals surface area contributed by atoms with Crippen LogP contribution in [0.4, 0.5) is 0 Å². The van der Waals surface area contributed by atoms with Gasteiger partial charge in [0.05, 0.1) is 4.90 Å². The van der Waals surface area contributed by atoms with Gasteiger partial charge in [0, 0.05) is 18.7 Å². The Labute approximate surface area is 127 Å². The highest BCUT2D eigenvalue weighted by molar-refractivity contribution is 7.89. The highest BCUT2D eigenvalue weighted by Crippen LogP contribution is 2.23. The Morgan fingerprint density at radius 2 is 1.85 bits per heavy atom. The van der Waals surface area contributed by atoms with Crippen molar-refractivity contribution in [2.75, 3.05) is 7.05 Å². The van der Waals surface area contributed by atoms with Crippen LogP contribution in [0.25, 0.3) is 0 Å². The highest BCUT2D eigenvalue weighted by Gasteiger charge is 2.28. The minimum atomic E-state index is -3.51. The van der Waals surface area contributed by atoms with Crippen LogP contribution >= 0.6 is 12.2 Å². The minimum absolute atomic E-state index is 0.0744. The Morgan fingerprint density at radius 1 is 1.30 bits per heavy atom. The Morgan fingerprint density at radius 3 is 2.25 bits per heavy atom. The monoisotopic (exact) mass is 314 g/mol. The van der Waals surface area contributed by atoms with Gasteiger partial charge in [0.15, 0.2) is 0 Å². The summed E-state index contributed by atoms with van der Waals surface area (Å²) in [5.41, 5.74) is 6.89. The molecule has 1 aromatic carbocycles. The first kappa shape index (κ1) is 17.1. The van der Waals surface area contributed by atoms with E-state index in [-0.39, 0.29) is 16.9 Å². The molecule has 1 aromatic rings. The van der Waals surface area contributed by atoms with Crippen LogP contribution in [-0.2, 0) is 10.0 Å². The molecule has 0 saturated carbocycles. The summed E-state index contributed by atoms with van der Waals surface area (Å²) in [6, 6.07) is 4.86. The van der Waals surface area contributed by atoms with Crippen LogP contribution in [-0.4, -0.2) is 30.8 Å². The predicted molar refractivity (Wildman–Crippen MR) is 86.3 cm³/mol. The molecule has 0 aliphatic rings. The molecule has 112 valence electrons. The van der Waals surface area contributed by atoms with Crippen LogP contribution in [0.1, 0.15) is 31.9 Å². The first-order valence-electron chi connectivity index (χ1n) is 6.47.